The van der Waals surface area contributed by atoms with Gasteiger partial charge in [0, 0.05) is 0 Å². The molecule has 2 saturated heterocycles. The minimum Gasteiger partial charge on any atom is -0.392 e. The maximum absolute atomic E-state index is 12.1. The average molecular weight is 250 g/mol. The van der Waals surface area contributed by atoms with Crippen LogP contribution < -0.4 is 0 Å². The lowest BCUT2D eigenvalue weighted by atomic mass is 9.62. The molecule has 0 bridgehead atoms. The maximum Gasteiger partial charge on any atom is 0.333 e. The molecule has 2 aliphatic carbocycles. The molecule has 6 heteroatoms. The van der Waals surface area contributed by atoms with Crippen LogP contribution in [0.4, 0.5) is 0 Å². The van der Waals surface area contributed by atoms with E-state index in [0.717, 1.165) is 12.8 Å². The van der Waals surface area contributed by atoms with E-state index in [1.807, 2.05) is 0 Å². The molecular formula is C12H10O6. The predicted molar refractivity (Wildman–Crippen MR) is 52.5 cm³/mol. The molecule has 2 spiro atoms. The summed E-state index contributed by atoms with van der Waals surface area (Å²) in [5, 5.41) is 0. The molecule has 4 unspecified atom stereocenters. The normalized spacial score (nSPS) is 48.9. The summed E-state index contributed by atoms with van der Waals surface area (Å²) in [6.07, 6.45) is 2.33. The monoisotopic (exact) mass is 250 g/mol. The van der Waals surface area contributed by atoms with Gasteiger partial charge in [0.2, 0.25) is 0 Å². The quantitative estimate of drug-likeness (QED) is 0.442. The molecular weight excluding hydrogens is 240 g/mol. The second kappa shape index (κ2) is 2.65. The lowest BCUT2D eigenvalue weighted by Gasteiger charge is -2.28. The molecule has 2 aliphatic heterocycles. The van der Waals surface area contributed by atoms with E-state index >= 15 is 0 Å². The van der Waals surface area contributed by atoms with Gasteiger partial charge in [0.15, 0.2) is 5.41 Å². The van der Waals surface area contributed by atoms with Gasteiger partial charge in [-0.1, -0.05) is 6.42 Å². The van der Waals surface area contributed by atoms with E-state index in [1.165, 1.54) is 0 Å². The zero-order valence-electron chi connectivity index (χ0n) is 9.43. The van der Waals surface area contributed by atoms with Crippen LogP contribution in [0.15, 0.2) is 0 Å². The number of rotatable bonds is 0. The van der Waals surface area contributed by atoms with Gasteiger partial charge in [0.25, 0.3) is 0 Å². The van der Waals surface area contributed by atoms with E-state index in [2.05, 4.69) is 4.74 Å². The van der Waals surface area contributed by atoms with Crippen LogP contribution in [-0.4, -0.2) is 23.9 Å². The van der Waals surface area contributed by atoms with Gasteiger partial charge in [0.05, 0.1) is 11.3 Å². The Bertz CT molecular complexity index is 527. The minimum atomic E-state index is -1.66. The number of ether oxygens (including phenoxy) is 2. The molecule has 0 aromatic heterocycles. The standard InChI is InChI=1S/C12H10O6/c13-7-6-4-5-2-1-3-11(5)8(14)18-10(16)12(6,11)9(15)17-7/h5-6H,1-4H2. The van der Waals surface area contributed by atoms with Crippen LogP contribution in [0.3, 0.4) is 0 Å². The Labute approximate surface area is 102 Å². The third-order valence-corrected chi connectivity index (χ3v) is 5.24. The van der Waals surface area contributed by atoms with Crippen LogP contribution in [0.1, 0.15) is 25.7 Å². The topological polar surface area (TPSA) is 86.7 Å². The maximum atomic E-state index is 12.1. The Morgan fingerprint density at radius 3 is 2.50 bits per heavy atom. The molecule has 4 rings (SSSR count). The largest absolute Gasteiger partial charge is 0.392 e. The van der Waals surface area contributed by atoms with Gasteiger partial charge in [-0.05, 0) is 25.2 Å². The molecule has 4 atom stereocenters. The molecule has 4 fully saturated rings. The number of hydrogen-bond donors (Lipinski definition) is 0. The fraction of sp³-hybridized carbons (Fsp3) is 0.667. The predicted octanol–water partition coefficient (Wildman–Crippen LogP) is -0.0540. The van der Waals surface area contributed by atoms with Gasteiger partial charge in [-0.3, -0.25) is 19.2 Å². The summed E-state index contributed by atoms with van der Waals surface area (Å²) >= 11 is 0. The third-order valence-electron chi connectivity index (χ3n) is 5.24. The van der Waals surface area contributed by atoms with Crippen LogP contribution in [0.5, 0.6) is 0 Å². The van der Waals surface area contributed by atoms with E-state index in [-0.39, 0.29) is 5.92 Å². The van der Waals surface area contributed by atoms with E-state index in [9.17, 15) is 19.2 Å². The zero-order valence-corrected chi connectivity index (χ0v) is 9.43. The molecule has 0 aromatic rings. The molecule has 2 saturated carbocycles. The lowest BCUT2D eigenvalue weighted by molar-refractivity contribution is -0.162. The van der Waals surface area contributed by atoms with Gasteiger partial charge in [-0.2, -0.15) is 0 Å². The Kier molecular flexibility index (Phi) is 1.51. The summed E-state index contributed by atoms with van der Waals surface area (Å²) in [6.45, 7) is 0. The summed E-state index contributed by atoms with van der Waals surface area (Å²) < 4.78 is 9.35. The van der Waals surface area contributed by atoms with Crippen molar-refractivity contribution in [2.24, 2.45) is 22.7 Å². The SMILES string of the molecule is O=C1OC(=O)C23C(=O)OC(=O)C24CCCC4CC13. The van der Waals surface area contributed by atoms with Crippen molar-refractivity contribution in [1.29, 1.82) is 0 Å². The van der Waals surface area contributed by atoms with Crippen molar-refractivity contribution >= 4 is 23.9 Å². The van der Waals surface area contributed by atoms with Gasteiger partial charge in [-0.15, -0.1) is 0 Å². The number of cyclic esters (lactones) is 4. The Morgan fingerprint density at radius 2 is 1.72 bits per heavy atom. The summed E-state index contributed by atoms with van der Waals surface area (Å²) in [5.74, 6) is -4.01. The van der Waals surface area contributed by atoms with Crippen molar-refractivity contribution in [3.05, 3.63) is 0 Å². The lowest BCUT2D eigenvalue weighted by Crippen LogP contribution is -2.48. The highest BCUT2D eigenvalue weighted by Gasteiger charge is 2.86. The second-order valence-corrected chi connectivity index (χ2v) is 5.54. The number of hydrogen-bond acceptors (Lipinski definition) is 6. The van der Waals surface area contributed by atoms with Crippen molar-refractivity contribution in [2.45, 2.75) is 25.7 Å². The first-order chi connectivity index (χ1) is 8.55. The summed E-state index contributed by atoms with van der Waals surface area (Å²) in [4.78, 5) is 48.0. The Hall–Kier alpha value is -1.72. The van der Waals surface area contributed by atoms with Gasteiger partial charge >= 0.3 is 23.9 Å². The molecule has 6 nitrogen and oxygen atoms in total. The first-order valence-corrected chi connectivity index (χ1v) is 6.08. The summed E-state index contributed by atoms with van der Waals surface area (Å²) in [5.41, 5.74) is -2.79. The van der Waals surface area contributed by atoms with Crippen LogP contribution in [0, 0.1) is 22.7 Å². The minimum absolute atomic E-state index is 0.113. The molecule has 94 valence electrons. The van der Waals surface area contributed by atoms with E-state index in [1.54, 1.807) is 0 Å². The zero-order chi connectivity index (χ0) is 12.7. The Morgan fingerprint density at radius 1 is 1.00 bits per heavy atom. The first kappa shape index (κ1) is 10.2. The average Bonchev–Trinajstić information content (AvgIpc) is 2.92. The summed E-state index contributed by atoms with van der Waals surface area (Å²) in [7, 11) is 0. The van der Waals surface area contributed by atoms with Crippen molar-refractivity contribution in [3.63, 3.8) is 0 Å². The molecule has 4 aliphatic rings. The molecule has 2 heterocycles. The molecule has 0 radical (unpaired) electrons. The van der Waals surface area contributed by atoms with Gasteiger partial charge < -0.3 is 9.47 Å². The van der Waals surface area contributed by atoms with Gasteiger partial charge in [-0.25, -0.2) is 0 Å². The third kappa shape index (κ3) is 0.693. The molecule has 0 amide bonds. The second-order valence-electron chi connectivity index (χ2n) is 5.54. The van der Waals surface area contributed by atoms with Crippen molar-refractivity contribution < 1.29 is 28.7 Å². The van der Waals surface area contributed by atoms with Crippen molar-refractivity contribution in [2.75, 3.05) is 0 Å². The highest BCUT2D eigenvalue weighted by atomic mass is 16.6. The Balaban J connectivity index is 2.04. The van der Waals surface area contributed by atoms with Crippen LogP contribution in [-0.2, 0) is 28.7 Å². The highest BCUT2D eigenvalue weighted by molar-refractivity contribution is 6.21. The fourth-order valence-electron chi connectivity index (χ4n) is 4.62. The van der Waals surface area contributed by atoms with Crippen molar-refractivity contribution in [1.82, 2.24) is 0 Å². The first-order valence-electron chi connectivity index (χ1n) is 6.08. The fourth-order valence-corrected chi connectivity index (χ4v) is 4.62. The van der Waals surface area contributed by atoms with E-state index < -0.39 is 40.6 Å². The number of carbonyl (C=O) groups excluding carboxylic acids is 4. The van der Waals surface area contributed by atoms with Crippen LogP contribution >= 0.6 is 0 Å². The van der Waals surface area contributed by atoms with Crippen LogP contribution in [0.25, 0.3) is 0 Å². The smallest absolute Gasteiger partial charge is 0.333 e. The summed E-state index contributed by atoms with van der Waals surface area (Å²) in [6, 6.07) is 0. The van der Waals surface area contributed by atoms with E-state index in [4.69, 9.17) is 4.74 Å². The van der Waals surface area contributed by atoms with Crippen molar-refractivity contribution in [3.8, 4) is 0 Å². The van der Waals surface area contributed by atoms with Crippen LogP contribution in [0.2, 0.25) is 0 Å². The molecule has 0 aromatic carbocycles. The number of esters is 4. The molecule has 18 heavy (non-hydrogen) atoms. The molecule has 0 N–H and O–H groups in total. The highest BCUT2D eigenvalue weighted by Crippen LogP contribution is 2.72. The van der Waals surface area contributed by atoms with E-state index in [0.29, 0.717) is 12.8 Å². The van der Waals surface area contributed by atoms with Gasteiger partial charge in [0.1, 0.15) is 0 Å². The number of carbonyl (C=O) groups is 4.